The maximum atomic E-state index is 12.5. The number of thiocarbonyl (C=S) groups is 1. The Morgan fingerprint density at radius 1 is 1.36 bits per heavy atom. The summed E-state index contributed by atoms with van der Waals surface area (Å²) in [5.74, 6) is 0. The molecule has 0 spiro atoms. The topological polar surface area (TPSA) is 74.2 Å². The number of aliphatic imine (C=N–C) groups is 1. The highest BCUT2D eigenvalue weighted by molar-refractivity contribution is 7.78. The van der Waals surface area contributed by atoms with Gasteiger partial charge < -0.3 is 4.57 Å². The number of aromatic nitrogens is 4. The Labute approximate surface area is 132 Å². The molecular weight excluding hydrogens is 302 g/mol. The van der Waals surface area contributed by atoms with E-state index in [0.717, 1.165) is 19.3 Å². The second-order valence-corrected chi connectivity index (χ2v) is 5.57. The molecule has 0 fully saturated rings. The van der Waals surface area contributed by atoms with Gasteiger partial charge in [-0.15, -0.1) is 0 Å². The van der Waals surface area contributed by atoms with Crippen LogP contribution in [0, 0.1) is 0 Å². The molecule has 0 aliphatic heterocycles. The predicted octanol–water partition coefficient (Wildman–Crippen LogP) is 1.10. The molecule has 1 unspecified atom stereocenters. The Kier molecular flexibility index (Phi) is 5.05. The molecule has 0 aliphatic rings. The lowest BCUT2D eigenvalue weighted by molar-refractivity contribution is 0.521. The van der Waals surface area contributed by atoms with Crippen LogP contribution in [0.5, 0.6) is 0 Å². The lowest BCUT2D eigenvalue weighted by Gasteiger charge is -2.09. The van der Waals surface area contributed by atoms with Crippen molar-refractivity contribution in [3.05, 3.63) is 27.2 Å². The molecule has 0 amide bonds. The number of fused-ring (bicyclic) bond motifs is 1. The second kappa shape index (κ2) is 6.81. The van der Waals surface area contributed by atoms with Gasteiger partial charge >= 0.3 is 5.69 Å². The van der Waals surface area contributed by atoms with Crippen molar-refractivity contribution in [3.63, 3.8) is 0 Å². The molecule has 1 atom stereocenters. The van der Waals surface area contributed by atoms with E-state index in [4.69, 9.17) is 0 Å². The van der Waals surface area contributed by atoms with Crippen LogP contribution in [0.4, 0.5) is 0 Å². The van der Waals surface area contributed by atoms with E-state index >= 15 is 0 Å². The number of hydrogen-bond donors (Lipinski definition) is 0. The maximum absolute atomic E-state index is 12.5. The number of unbranched alkanes of at least 4 members (excludes halogenated alkanes) is 1. The molecule has 2 aromatic heterocycles. The van der Waals surface area contributed by atoms with Gasteiger partial charge in [-0.25, -0.2) is 14.8 Å². The number of isothiocyanates is 1. The van der Waals surface area contributed by atoms with Gasteiger partial charge in [0.05, 0.1) is 17.5 Å². The quantitative estimate of drug-likeness (QED) is 0.453. The largest absolute Gasteiger partial charge is 0.332 e. The minimum absolute atomic E-state index is 0.122. The van der Waals surface area contributed by atoms with Gasteiger partial charge in [0.15, 0.2) is 11.2 Å². The molecule has 0 aromatic carbocycles. The maximum Gasteiger partial charge on any atom is 0.332 e. The third-order valence-corrected chi connectivity index (χ3v) is 3.83. The van der Waals surface area contributed by atoms with Gasteiger partial charge in [0.25, 0.3) is 5.56 Å². The Balaban J connectivity index is 2.21. The lowest BCUT2D eigenvalue weighted by atomic mass is 10.1. The van der Waals surface area contributed by atoms with E-state index in [1.807, 2.05) is 6.92 Å². The standard InChI is InChI=1S/C14H19N5O2S/c1-10(16-9-22)6-4-5-7-19-13(20)11-12(15-8-17(11)2)18(3)14(19)21/h8,10H,4-7H2,1-3H3. The summed E-state index contributed by atoms with van der Waals surface area (Å²) in [6, 6.07) is 0.122. The average Bonchev–Trinajstić information content (AvgIpc) is 2.86. The fraction of sp³-hybridized carbons (Fsp3) is 0.571. The van der Waals surface area contributed by atoms with Crippen LogP contribution in [0.3, 0.4) is 0 Å². The molecule has 22 heavy (non-hydrogen) atoms. The van der Waals surface area contributed by atoms with Crippen LogP contribution in [-0.2, 0) is 20.6 Å². The number of rotatable bonds is 6. The number of nitrogens with zero attached hydrogens (tertiary/aromatic N) is 5. The molecule has 118 valence electrons. The third kappa shape index (κ3) is 3.08. The zero-order valence-corrected chi connectivity index (χ0v) is 13.8. The van der Waals surface area contributed by atoms with Crippen molar-refractivity contribution in [2.45, 2.75) is 38.8 Å². The zero-order valence-electron chi connectivity index (χ0n) is 12.9. The Morgan fingerprint density at radius 3 is 2.77 bits per heavy atom. The van der Waals surface area contributed by atoms with Gasteiger partial charge in [0.2, 0.25) is 0 Å². The smallest absolute Gasteiger partial charge is 0.328 e. The van der Waals surface area contributed by atoms with Crippen LogP contribution in [0.25, 0.3) is 11.2 Å². The predicted molar refractivity (Wildman–Crippen MR) is 88.6 cm³/mol. The summed E-state index contributed by atoms with van der Waals surface area (Å²) in [5, 5.41) is 2.37. The van der Waals surface area contributed by atoms with E-state index in [1.54, 1.807) is 25.0 Å². The monoisotopic (exact) mass is 321 g/mol. The number of imidazole rings is 1. The van der Waals surface area contributed by atoms with Gasteiger partial charge in [-0.3, -0.25) is 13.9 Å². The van der Waals surface area contributed by atoms with E-state index in [-0.39, 0.29) is 17.3 Å². The van der Waals surface area contributed by atoms with Crippen molar-refractivity contribution in [2.24, 2.45) is 19.1 Å². The average molecular weight is 321 g/mol. The van der Waals surface area contributed by atoms with E-state index in [9.17, 15) is 9.59 Å². The third-order valence-electron chi connectivity index (χ3n) is 3.73. The highest BCUT2D eigenvalue weighted by atomic mass is 32.1. The van der Waals surface area contributed by atoms with Gasteiger partial charge in [-0.1, -0.05) is 0 Å². The van der Waals surface area contributed by atoms with E-state index in [1.165, 1.54) is 9.13 Å². The minimum Gasteiger partial charge on any atom is -0.328 e. The highest BCUT2D eigenvalue weighted by Gasteiger charge is 2.14. The Bertz CT molecular complexity index is 841. The summed E-state index contributed by atoms with van der Waals surface area (Å²) in [6.45, 7) is 2.35. The van der Waals surface area contributed by atoms with Crippen molar-refractivity contribution in [1.82, 2.24) is 18.7 Å². The van der Waals surface area contributed by atoms with E-state index in [0.29, 0.717) is 17.7 Å². The molecule has 2 rings (SSSR count). The first-order valence-corrected chi connectivity index (χ1v) is 7.56. The first-order valence-electron chi connectivity index (χ1n) is 7.15. The lowest BCUT2D eigenvalue weighted by Crippen LogP contribution is -2.39. The van der Waals surface area contributed by atoms with Crippen molar-refractivity contribution in [1.29, 1.82) is 0 Å². The second-order valence-electron chi connectivity index (χ2n) is 5.39. The van der Waals surface area contributed by atoms with Crippen LogP contribution in [-0.4, -0.2) is 29.9 Å². The molecule has 7 nitrogen and oxygen atoms in total. The molecule has 0 saturated heterocycles. The van der Waals surface area contributed by atoms with Crippen molar-refractivity contribution >= 4 is 28.5 Å². The Hall–Kier alpha value is -2.05. The molecule has 2 heterocycles. The summed E-state index contributed by atoms with van der Waals surface area (Å²) >= 11 is 4.57. The highest BCUT2D eigenvalue weighted by Crippen LogP contribution is 2.06. The SMILES string of the molecule is CC(CCCCn1c(=O)c2c(ncn2C)n(C)c1=O)N=C=S. The van der Waals surface area contributed by atoms with Crippen LogP contribution in [0.1, 0.15) is 26.2 Å². The summed E-state index contributed by atoms with van der Waals surface area (Å²) in [4.78, 5) is 32.8. The first kappa shape index (κ1) is 16.3. The van der Waals surface area contributed by atoms with Crippen molar-refractivity contribution < 1.29 is 0 Å². The fourth-order valence-corrected chi connectivity index (χ4v) is 2.64. The zero-order chi connectivity index (χ0) is 16.3. The van der Waals surface area contributed by atoms with Crippen LogP contribution in [0.15, 0.2) is 20.9 Å². The summed E-state index contributed by atoms with van der Waals surface area (Å²) in [7, 11) is 3.38. The van der Waals surface area contributed by atoms with Gasteiger partial charge in [0, 0.05) is 20.6 Å². The summed E-state index contributed by atoms with van der Waals surface area (Å²) < 4.78 is 4.33. The molecule has 8 heteroatoms. The molecule has 2 aromatic rings. The molecular formula is C14H19N5O2S. The molecule has 0 radical (unpaired) electrons. The molecule has 0 N–H and O–H groups in total. The summed E-state index contributed by atoms with van der Waals surface area (Å²) in [5.41, 5.74) is 0.239. The van der Waals surface area contributed by atoms with Crippen LogP contribution in [0.2, 0.25) is 0 Å². The minimum atomic E-state index is -0.332. The molecule has 0 bridgehead atoms. The normalized spacial score (nSPS) is 12.3. The summed E-state index contributed by atoms with van der Waals surface area (Å²) in [6.07, 6.45) is 3.99. The van der Waals surface area contributed by atoms with Crippen molar-refractivity contribution in [3.8, 4) is 0 Å². The van der Waals surface area contributed by atoms with E-state index in [2.05, 4.69) is 27.4 Å². The van der Waals surface area contributed by atoms with Gasteiger partial charge in [0.1, 0.15) is 0 Å². The number of hydrogen-bond acceptors (Lipinski definition) is 5. The Morgan fingerprint density at radius 2 is 2.09 bits per heavy atom. The first-order chi connectivity index (χ1) is 10.5. The fourth-order valence-electron chi connectivity index (χ4n) is 2.46. The van der Waals surface area contributed by atoms with Crippen LogP contribution < -0.4 is 11.2 Å². The van der Waals surface area contributed by atoms with Crippen LogP contribution >= 0.6 is 12.2 Å². The van der Waals surface area contributed by atoms with Gasteiger partial charge in [-0.2, -0.15) is 0 Å². The van der Waals surface area contributed by atoms with Crippen molar-refractivity contribution in [2.75, 3.05) is 0 Å². The number of aryl methyl sites for hydroxylation is 2. The van der Waals surface area contributed by atoms with Gasteiger partial charge in [-0.05, 0) is 38.4 Å². The molecule has 0 aliphatic carbocycles. The molecule has 0 saturated carbocycles. The van der Waals surface area contributed by atoms with E-state index < -0.39 is 0 Å².